The van der Waals surface area contributed by atoms with Crippen LogP contribution in [0.3, 0.4) is 0 Å². The van der Waals surface area contributed by atoms with Crippen molar-refractivity contribution in [3.63, 3.8) is 0 Å². The van der Waals surface area contributed by atoms with E-state index in [1.807, 2.05) is 6.92 Å². The Morgan fingerprint density at radius 3 is 2.11 bits per heavy atom. The summed E-state index contributed by atoms with van der Waals surface area (Å²) in [6, 6.07) is 0. The highest BCUT2D eigenvalue weighted by atomic mass is 16.3. The largest absolute Gasteiger partial charge is 0.389 e. The summed E-state index contributed by atoms with van der Waals surface area (Å²) in [6.45, 7) is 11.5. The first-order valence-electron chi connectivity index (χ1n) is 7.35. The average molecular weight is 252 g/mol. The van der Waals surface area contributed by atoms with E-state index >= 15 is 0 Å². The summed E-state index contributed by atoms with van der Waals surface area (Å²) in [5.74, 6) is 0.682. The zero-order chi connectivity index (χ0) is 13.7. The number of aryl methyl sites for hydroxylation is 1. The molecule has 0 aliphatic carbocycles. The molecule has 0 aromatic carbocycles. The van der Waals surface area contributed by atoms with Crippen molar-refractivity contribution in [2.75, 3.05) is 0 Å². The molecule has 0 bridgehead atoms. The zero-order valence-electron chi connectivity index (χ0n) is 12.5. The Kier molecular flexibility index (Phi) is 5.86. The summed E-state index contributed by atoms with van der Waals surface area (Å²) in [5, 5.41) is 14.7. The maximum atomic E-state index is 9.96. The van der Waals surface area contributed by atoms with Crippen LogP contribution >= 0.6 is 0 Å². The van der Waals surface area contributed by atoms with Gasteiger partial charge in [-0.25, -0.2) is 0 Å². The van der Waals surface area contributed by atoms with Crippen LogP contribution in [0.5, 0.6) is 0 Å². The van der Waals surface area contributed by atoms with Crippen LogP contribution in [0.2, 0.25) is 0 Å². The average Bonchev–Trinajstić information content (AvgIpc) is 2.73. The molecule has 1 unspecified atom stereocenters. The molecule has 18 heavy (non-hydrogen) atoms. The third-order valence-electron chi connectivity index (χ3n) is 3.85. The number of aliphatic hydroxyl groups excluding tert-OH is 1. The molecule has 1 aromatic rings. The SMILES string of the molecule is CCc1nn(CC(CC)CC)c(CC)c1C(C)O. The monoisotopic (exact) mass is 252 g/mol. The van der Waals surface area contributed by atoms with Crippen LogP contribution in [-0.4, -0.2) is 14.9 Å². The predicted molar refractivity (Wildman–Crippen MR) is 75.7 cm³/mol. The van der Waals surface area contributed by atoms with Crippen LogP contribution < -0.4 is 0 Å². The lowest BCUT2D eigenvalue weighted by atomic mass is 10.0. The predicted octanol–water partition coefficient (Wildman–Crippen LogP) is 3.50. The Morgan fingerprint density at radius 2 is 1.72 bits per heavy atom. The van der Waals surface area contributed by atoms with Crippen LogP contribution in [0.15, 0.2) is 0 Å². The summed E-state index contributed by atoms with van der Waals surface area (Å²) < 4.78 is 2.14. The summed E-state index contributed by atoms with van der Waals surface area (Å²) in [4.78, 5) is 0. The van der Waals surface area contributed by atoms with Crippen molar-refractivity contribution in [1.29, 1.82) is 0 Å². The third kappa shape index (κ3) is 3.14. The van der Waals surface area contributed by atoms with Crippen molar-refractivity contribution >= 4 is 0 Å². The van der Waals surface area contributed by atoms with Crippen molar-refractivity contribution in [2.45, 2.75) is 73.0 Å². The molecule has 1 N–H and O–H groups in total. The minimum absolute atomic E-state index is 0.412. The molecule has 1 aromatic heterocycles. The van der Waals surface area contributed by atoms with E-state index in [1.165, 1.54) is 18.5 Å². The van der Waals surface area contributed by atoms with Crippen molar-refractivity contribution in [2.24, 2.45) is 5.92 Å². The summed E-state index contributed by atoms with van der Waals surface area (Å²) >= 11 is 0. The fourth-order valence-electron chi connectivity index (χ4n) is 2.62. The summed E-state index contributed by atoms with van der Waals surface area (Å²) in [7, 11) is 0. The maximum Gasteiger partial charge on any atom is 0.0798 e. The molecule has 1 heterocycles. The van der Waals surface area contributed by atoms with E-state index in [4.69, 9.17) is 5.10 Å². The van der Waals surface area contributed by atoms with Gasteiger partial charge < -0.3 is 5.11 Å². The Bertz CT molecular complexity index is 365. The Hall–Kier alpha value is -0.830. The van der Waals surface area contributed by atoms with E-state index in [-0.39, 0.29) is 0 Å². The second-order valence-corrected chi connectivity index (χ2v) is 5.05. The number of nitrogens with zero attached hydrogens (tertiary/aromatic N) is 2. The smallest absolute Gasteiger partial charge is 0.0798 e. The Balaban J connectivity index is 3.11. The quantitative estimate of drug-likeness (QED) is 0.806. The fourth-order valence-corrected chi connectivity index (χ4v) is 2.62. The van der Waals surface area contributed by atoms with Gasteiger partial charge in [0.1, 0.15) is 0 Å². The van der Waals surface area contributed by atoms with Gasteiger partial charge in [0.25, 0.3) is 0 Å². The first-order valence-corrected chi connectivity index (χ1v) is 7.35. The number of aromatic nitrogens is 2. The molecule has 0 amide bonds. The second-order valence-electron chi connectivity index (χ2n) is 5.05. The van der Waals surface area contributed by atoms with Crippen LogP contribution in [0.1, 0.15) is 70.5 Å². The van der Waals surface area contributed by atoms with Gasteiger partial charge in [-0.05, 0) is 25.7 Å². The molecule has 0 spiro atoms. The first kappa shape index (κ1) is 15.2. The highest BCUT2D eigenvalue weighted by Gasteiger charge is 2.20. The molecule has 0 aliphatic heterocycles. The van der Waals surface area contributed by atoms with Gasteiger partial charge in [0.15, 0.2) is 0 Å². The first-order chi connectivity index (χ1) is 8.58. The molecule has 0 saturated heterocycles. The molecule has 1 rings (SSSR count). The molecule has 104 valence electrons. The zero-order valence-corrected chi connectivity index (χ0v) is 12.5. The number of rotatable bonds is 7. The van der Waals surface area contributed by atoms with Crippen molar-refractivity contribution in [3.05, 3.63) is 17.0 Å². The minimum atomic E-state index is -0.412. The van der Waals surface area contributed by atoms with Crippen molar-refractivity contribution in [3.8, 4) is 0 Å². The molecule has 0 saturated carbocycles. The van der Waals surface area contributed by atoms with Crippen molar-refractivity contribution in [1.82, 2.24) is 9.78 Å². The number of hydrogen-bond donors (Lipinski definition) is 1. The molecule has 0 aliphatic rings. The van der Waals surface area contributed by atoms with E-state index in [0.29, 0.717) is 5.92 Å². The van der Waals surface area contributed by atoms with E-state index in [1.54, 1.807) is 0 Å². The Labute approximate surface area is 111 Å². The lowest BCUT2D eigenvalue weighted by Crippen LogP contribution is -2.13. The summed E-state index contributed by atoms with van der Waals surface area (Å²) in [6.07, 6.45) is 3.79. The van der Waals surface area contributed by atoms with E-state index in [2.05, 4.69) is 32.4 Å². The normalized spacial score (nSPS) is 13.3. The molecule has 1 atom stereocenters. The lowest BCUT2D eigenvalue weighted by molar-refractivity contribution is 0.197. The van der Waals surface area contributed by atoms with Gasteiger partial charge in [0, 0.05) is 17.8 Å². The molecular formula is C15H28N2O. The van der Waals surface area contributed by atoms with Gasteiger partial charge in [0.2, 0.25) is 0 Å². The van der Waals surface area contributed by atoms with Crippen molar-refractivity contribution < 1.29 is 5.11 Å². The maximum absolute atomic E-state index is 9.96. The molecule has 3 heteroatoms. The van der Waals surface area contributed by atoms with E-state index < -0.39 is 6.10 Å². The van der Waals surface area contributed by atoms with Crippen LogP contribution in [0, 0.1) is 5.92 Å². The standard InChI is InChI=1S/C15H28N2O/c1-6-12(7-2)10-17-14(9-4)15(11(5)18)13(8-3)16-17/h11-12,18H,6-10H2,1-5H3. The fraction of sp³-hybridized carbons (Fsp3) is 0.800. The number of aliphatic hydroxyl groups is 1. The van der Waals surface area contributed by atoms with Gasteiger partial charge in [-0.3, -0.25) is 4.68 Å². The molecule has 0 radical (unpaired) electrons. The molecule has 0 fully saturated rings. The van der Waals surface area contributed by atoms with Gasteiger partial charge in [-0.2, -0.15) is 5.10 Å². The van der Waals surface area contributed by atoms with E-state index in [9.17, 15) is 5.11 Å². The highest BCUT2D eigenvalue weighted by Crippen LogP contribution is 2.25. The highest BCUT2D eigenvalue weighted by molar-refractivity contribution is 5.28. The lowest BCUT2D eigenvalue weighted by Gasteiger charge is -2.15. The third-order valence-corrected chi connectivity index (χ3v) is 3.85. The molecule has 3 nitrogen and oxygen atoms in total. The number of hydrogen-bond acceptors (Lipinski definition) is 2. The van der Waals surface area contributed by atoms with Gasteiger partial charge in [-0.15, -0.1) is 0 Å². The second kappa shape index (κ2) is 6.93. The van der Waals surface area contributed by atoms with Gasteiger partial charge in [-0.1, -0.05) is 40.5 Å². The topological polar surface area (TPSA) is 38.0 Å². The van der Waals surface area contributed by atoms with Crippen LogP contribution in [0.4, 0.5) is 0 Å². The minimum Gasteiger partial charge on any atom is -0.389 e. The Morgan fingerprint density at radius 1 is 1.11 bits per heavy atom. The van der Waals surface area contributed by atoms with E-state index in [0.717, 1.165) is 30.6 Å². The summed E-state index contributed by atoms with van der Waals surface area (Å²) in [5.41, 5.74) is 3.34. The van der Waals surface area contributed by atoms with Crippen LogP contribution in [0.25, 0.3) is 0 Å². The van der Waals surface area contributed by atoms with Gasteiger partial charge >= 0.3 is 0 Å². The van der Waals surface area contributed by atoms with Gasteiger partial charge in [0.05, 0.1) is 11.8 Å². The molecular weight excluding hydrogens is 224 g/mol. The van der Waals surface area contributed by atoms with Crippen LogP contribution in [-0.2, 0) is 19.4 Å².